The molecule has 0 heterocycles. The Morgan fingerprint density at radius 3 is 2.53 bits per heavy atom. The van der Waals surface area contributed by atoms with Gasteiger partial charge in [-0.3, -0.25) is 0 Å². The minimum Gasteiger partial charge on any atom is -0.399 e. The van der Waals surface area contributed by atoms with Crippen LogP contribution in [0.15, 0.2) is 12.1 Å². The summed E-state index contributed by atoms with van der Waals surface area (Å²) in [4.78, 5) is 0. The van der Waals surface area contributed by atoms with Gasteiger partial charge in [0.25, 0.3) is 0 Å². The van der Waals surface area contributed by atoms with Crippen LogP contribution in [0, 0.1) is 17.6 Å². The number of rotatable bonds is 3. The molecule has 1 saturated carbocycles. The quantitative estimate of drug-likeness (QED) is 0.711. The number of aliphatic hydroxyl groups excluding tert-OH is 1. The first-order valence-corrected chi connectivity index (χ1v) is 5.73. The molecule has 94 valence electrons. The van der Waals surface area contributed by atoms with Crippen LogP contribution in [0.1, 0.15) is 19.3 Å². The van der Waals surface area contributed by atoms with E-state index in [2.05, 4.69) is 5.32 Å². The second-order valence-electron chi connectivity index (χ2n) is 4.48. The van der Waals surface area contributed by atoms with Crippen LogP contribution in [0.5, 0.6) is 0 Å². The summed E-state index contributed by atoms with van der Waals surface area (Å²) in [7, 11) is 0. The minimum atomic E-state index is -0.689. The molecule has 0 amide bonds. The van der Waals surface area contributed by atoms with Crippen LogP contribution < -0.4 is 11.1 Å². The number of hydrogen-bond acceptors (Lipinski definition) is 3. The third-order valence-corrected chi connectivity index (χ3v) is 3.29. The Labute approximate surface area is 98.6 Å². The number of hydrogen-bond donors (Lipinski definition) is 3. The number of aliphatic hydroxyl groups is 1. The van der Waals surface area contributed by atoms with Gasteiger partial charge >= 0.3 is 0 Å². The van der Waals surface area contributed by atoms with E-state index >= 15 is 0 Å². The SMILES string of the molecule is Nc1cc(F)c(NC2CCCC2CO)c(F)c1. The Morgan fingerprint density at radius 2 is 1.94 bits per heavy atom. The third-order valence-electron chi connectivity index (χ3n) is 3.29. The Kier molecular flexibility index (Phi) is 3.47. The summed E-state index contributed by atoms with van der Waals surface area (Å²) in [6.07, 6.45) is 2.65. The molecule has 0 aliphatic heterocycles. The maximum absolute atomic E-state index is 13.6. The molecule has 0 aromatic heterocycles. The molecule has 1 aromatic rings. The summed E-state index contributed by atoms with van der Waals surface area (Å²) in [5, 5.41) is 12.0. The van der Waals surface area contributed by atoms with E-state index in [-0.39, 0.29) is 29.9 Å². The van der Waals surface area contributed by atoms with Gasteiger partial charge in [-0.1, -0.05) is 6.42 Å². The molecule has 2 atom stereocenters. The van der Waals surface area contributed by atoms with Crippen molar-refractivity contribution in [2.75, 3.05) is 17.7 Å². The molecule has 2 rings (SSSR count). The van der Waals surface area contributed by atoms with Crippen molar-refractivity contribution in [2.24, 2.45) is 5.92 Å². The zero-order valence-corrected chi connectivity index (χ0v) is 9.42. The lowest BCUT2D eigenvalue weighted by Gasteiger charge is -2.21. The smallest absolute Gasteiger partial charge is 0.151 e. The molecular formula is C12H16F2N2O. The molecule has 3 nitrogen and oxygen atoms in total. The fraction of sp³-hybridized carbons (Fsp3) is 0.500. The zero-order valence-electron chi connectivity index (χ0n) is 9.42. The van der Waals surface area contributed by atoms with Crippen molar-refractivity contribution in [1.82, 2.24) is 0 Å². The Morgan fingerprint density at radius 1 is 1.29 bits per heavy atom. The lowest BCUT2D eigenvalue weighted by Crippen LogP contribution is -2.27. The lowest BCUT2D eigenvalue weighted by atomic mass is 10.0. The molecule has 0 spiro atoms. The second kappa shape index (κ2) is 4.87. The van der Waals surface area contributed by atoms with Gasteiger partial charge in [-0.05, 0) is 25.0 Å². The van der Waals surface area contributed by atoms with Gasteiger partial charge in [0.15, 0.2) is 11.6 Å². The average Bonchev–Trinajstić information content (AvgIpc) is 2.70. The molecule has 1 aromatic carbocycles. The van der Waals surface area contributed by atoms with Gasteiger partial charge in [0, 0.05) is 24.3 Å². The molecule has 5 heteroatoms. The van der Waals surface area contributed by atoms with Crippen LogP contribution in [0.25, 0.3) is 0 Å². The van der Waals surface area contributed by atoms with E-state index in [0.29, 0.717) is 0 Å². The second-order valence-corrected chi connectivity index (χ2v) is 4.48. The van der Waals surface area contributed by atoms with Crippen LogP contribution in [0.3, 0.4) is 0 Å². The molecule has 1 aliphatic rings. The van der Waals surface area contributed by atoms with Crippen molar-refractivity contribution in [2.45, 2.75) is 25.3 Å². The predicted molar refractivity (Wildman–Crippen MR) is 62.6 cm³/mol. The molecular weight excluding hydrogens is 226 g/mol. The first-order chi connectivity index (χ1) is 8.11. The molecule has 1 fully saturated rings. The fourth-order valence-electron chi connectivity index (χ4n) is 2.36. The van der Waals surface area contributed by atoms with E-state index in [1.807, 2.05) is 0 Å². The summed E-state index contributed by atoms with van der Waals surface area (Å²) < 4.78 is 27.1. The standard InChI is InChI=1S/C12H16F2N2O/c13-9-4-8(15)5-10(14)12(9)16-11-3-1-2-7(11)6-17/h4-5,7,11,16-17H,1-3,6,15H2. The zero-order chi connectivity index (χ0) is 12.4. The van der Waals surface area contributed by atoms with E-state index in [4.69, 9.17) is 10.8 Å². The number of benzene rings is 1. The van der Waals surface area contributed by atoms with Crippen molar-refractivity contribution >= 4 is 11.4 Å². The highest BCUT2D eigenvalue weighted by atomic mass is 19.1. The normalized spacial score (nSPS) is 23.9. The molecule has 17 heavy (non-hydrogen) atoms. The van der Waals surface area contributed by atoms with Crippen LogP contribution >= 0.6 is 0 Å². The van der Waals surface area contributed by atoms with Gasteiger partial charge in [0.2, 0.25) is 0 Å². The first kappa shape index (κ1) is 12.1. The largest absolute Gasteiger partial charge is 0.399 e. The Hall–Kier alpha value is -1.36. The van der Waals surface area contributed by atoms with E-state index in [1.165, 1.54) is 0 Å². The Balaban J connectivity index is 2.18. The molecule has 4 N–H and O–H groups in total. The lowest BCUT2D eigenvalue weighted by molar-refractivity contribution is 0.222. The predicted octanol–water partition coefficient (Wildman–Crippen LogP) is 2.12. The average molecular weight is 242 g/mol. The highest BCUT2D eigenvalue weighted by Gasteiger charge is 2.28. The van der Waals surface area contributed by atoms with Gasteiger partial charge < -0.3 is 16.2 Å². The maximum atomic E-state index is 13.6. The van der Waals surface area contributed by atoms with Crippen LogP contribution in [0.4, 0.5) is 20.2 Å². The van der Waals surface area contributed by atoms with Crippen LogP contribution in [-0.4, -0.2) is 17.8 Å². The molecule has 2 unspecified atom stereocenters. The monoisotopic (exact) mass is 242 g/mol. The number of anilines is 2. The van der Waals surface area contributed by atoms with Crippen molar-refractivity contribution in [3.05, 3.63) is 23.8 Å². The summed E-state index contributed by atoms with van der Waals surface area (Å²) >= 11 is 0. The maximum Gasteiger partial charge on any atom is 0.151 e. The van der Waals surface area contributed by atoms with Crippen LogP contribution in [-0.2, 0) is 0 Å². The van der Waals surface area contributed by atoms with E-state index < -0.39 is 11.6 Å². The van der Waals surface area contributed by atoms with E-state index in [1.54, 1.807) is 0 Å². The van der Waals surface area contributed by atoms with Gasteiger partial charge in [0.1, 0.15) is 5.69 Å². The van der Waals surface area contributed by atoms with E-state index in [9.17, 15) is 8.78 Å². The molecule has 1 aliphatic carbocycles. The summed E-state index contributed by atoms with van der Waals surface area (Å²) in [6.45, 7) is 0.0376. The number of nitrogens with one attached hydrogen (secondary N) is 1. The van der Waals surface area contributed by atoms with Gasteiger partial charge in [-0.15, -0.1) is 0 Å². The summed E-state index contributed by atoms with van der Waals surface area (Å²) in [6, 6.07) is 2.11. The highest BCUT2D eigenvalue weighted by molar-refractivity contribution is 5.54. The minimum absolute atomic E-state index is 0.0376. The number of halogens is 2. The number of nitrogen functional groups attached to an aromatic ring is 1. The molecule has 0 saturated heterocycles. The molecule has 0 radical (unpaired) electrons. The van der Waals surface area contributed by atoms with Crippen molar-refractivity contribution < 1.29 is 13.9 Å². The van der Waals surface area contributed by atoms with Crippen LogP contribution in [0.2, 0.25) is 0 Å². The summed E-state index contributed by atoms with van der Waals surface area (Å²) in [5.41, 5.74) is 5.26. The molecule has 0 bridgehead atoms. The van der Waals surface area contributed by atoms with Gasteiger partial charge in [-0.25, -0.2) is 8.78 Å². The van der Waals surface area contributed by atoms with Crippen molar-refractivity contribution in [3.8, 4) is 0 Å². The van der Waals surface area contributed by atoms with Gasteiger partial charge in [-0.2, -0.15) is 0 Å². The van der Waals surface area contributed by atoms with Gasteiger partial charge in [0.05, 0.1) is 0 Å². The fourth-order valence-corrected chi connectivity index (χ4v) is 2.36. The topological polar surface area (TPSA) is 58.3 Å². The third kappa shape index (κ3) is 2.49. The van der Waals surface area contributed by atoms with Crippen molar-refractivity contribution in [3.63, 3.8) is 0 Å². The van der Waals surface area contributed by atoms with E-state index in [0.717, 1.165) is 31.4 Å². The van der Waals surface area contributed by atoms with Crippen molar-refractivity contribution in [1.29, 1.82) is 0 Å². The summed E-state index contributed by atoms with van der Waals surface area (Å²) in [5.74, 6) is -1.32. The number of nitrogens with two attached hydrogens (primary N) is 1. The Bertz CT molecular complexity index is 388. The highest BCUT2D eigenvalue weighted by Crippen LogP contribution is 2.30. The first-order valence-electron chi connectivity index (χ1n) is 5.73.